The van der Waals surface area contributed by atoms with Crippen LogP contribution in [0.4, 0.5) is 0 Å². The van der Waals surface area contributed by atoms with Crippen LogP contribution in [0.1, 0.15) is 31.2 Å². The Hall–Kier alpha value is -2.15. The Kier molecular flexibility index (Phi) is 4.71. The second-order valence-corrected chi connectivity index (χ2v) is 7.00. The lowest BCUT2D eigenvalue weighted by Crippen LogP contribution is -2.49. The number of hydrogen-bond acceptors (Lipinski definition) is 5. The minimum absolute atomic E-state index is 0.0686. The van der Waals surface area contributed by atoms with Gasteiger partial charge in [-0.1, -0.05) is 0 Å². The second kappa shape index (κ2) is 6.76. The molecule has 0 unspecified atom stereocenters. The molecular weight excluding hydrogens is 328 g/mol. The van der Waals surface area contributed by atoms with E-state index in [1.165, 1.54) is 11.3 Å². The van der Waals surface area contributed by atoms with Crippen molar-refractivity contribution in [2.24, 2.45) is 5.92 Å². The first kappa shape index (κ1) is 16.7. The summed E-state index contributed by atoms with van der Waals surface area (Å²) in [5.41, 5.74) is 0.693. The maximum absolute atomic E-state index is 12.6. The molecule has 1 aliphatic rings. The standard InChI is InChI=1S/C17H20N2O4S/c1-10-5-6-14(23-10)16-18-12(9-24-16)8-15(20)19-7-3-4-13(11(19)2)17(21)22/h5-6,9,11,13H,3-4,7-8H2,1-2H3,(H,21,22)/t11-,13-/m1/s1. The summed E-state index contributed by atoms with van der Waals surface area (Å²) in [7, 11) is 0. The van der Waals surface area contributed by atoms with Crippen LogP contribution in [-0.4, -0.2) is 39.5 Å². The Labute approximate surface area is 144 Å². The number of nitrogens with zero attached hydrogens (tertiary/aromatic N) is 2. The number of piperidine rings is 1. The lowest BCUT2D eigenvalue weighted by molar-refractivity contribution is -0.148. The van der Waals surface area contributed by atoms with Gasteiger partial charge in [0.05, 0.1) is 18.0 Å². The summed E-state index contributed by atoms with van der Waals surface area (Å²) >= 11 is 1.44. The number of carboxylic acids is 1. The molecular formula is C17H20N2O4S. The van der Waals surface area contributed by atoms with E-state index in [1.807, 2.05) is 31.4 Å². The minimum atomic E-state index is -0.830. The fourth-order valence-electron chi connectivity index (χ4n) is 3.13. The van der Waals surface area contributed by atoms with Gasteiger partial charge in [0, 0.05) is 18.0 Å². The number of aryl methyl sites for hydroxylation is 1. The molecule has 6 nitrogen and oxygen atoms in total. The normalized spacial score (nSPS) is 21.0. The van der Waals surface area contributed by atoms with Crippen molar-refractivity contribution in [1.29, 1.82) is 0 Å². The van der Waals surface area contributed by atoms with Gasteiger partial charge in [0.15, 0.2) is 10.8 Å². The molecule has 0 radical (unpaired) electrons. The quantitative estimate of drug-likeness (QED) is 0.918. The predicted molar refractivity (Wildman–Crippen MR) is 89.8 cm³/mol. The van der Waals surface area contributed by atoms with Gasteiger partial charge in [-0.15, -0.1) is 11.3 Å². The van der Waals surface area contributed by atoms with Gasteiger partial charge in [0.2, 0.25) is 5.91 Å². The molecule has 2 aromatic heterocycles. The van der Waals surface area contributed by atoms with Crippen LogP contribution < -0.4 is 0 Å². The van der Waals surface area contributed by atoms with Crippen molar-refractivity contribution in [3.63, 3.8) is 0 Å². The summed E-state index contributed by atoms with van der Waals surface area (Å²) in [5, 5.41) is 11.9. The molecule has 128 valence electrons. The van der Waals surface area contributed by atoms with Crippen molar-refractivity contribution in [3.8, 4) is 10.8 Å². The van der Waals surface area contributed by atoms with Gasteiger partial charge in [0.1, 0.15) is 5.76 Å². The van der Waals surface area contributed by atoms with Gasteiger partial charge in [0.25, 0.3) is 0 Å². The first-order valence-electron chi connectivity index (χ1n) is 7.99. The van der Waals surface area contributed by atoms with E-state index in [0.29, 0.717) is 24.4 Å². The van der Waals surface area contributed by atoms with Crippen LogP contribution in [0.25, 0.3) is 10.8 Å². The number of carbonyl (C=O) groups excluding carboxylic acids is 1. The monoisotopic (exact) mass is 348 g/mol. The molecule has 0 spiro atoms. The molecule has 1 saturated heterocycles. The summed E-state index contributed by atoms with van der Waals surface area (Å²) in [6.45, 7) is 4.30. The van der Waals surface area contributed by atoms with Crippen LogP contribution in [0.5, 0.6) is 0 Å². The van der Waals surface area contributed by atoms with Crippen molar-refractivity contribution in [1.82, 2.24) is 9.88 Å². The van der Waals surface area contributed by atoms with Crippen LogP contribution in [0.15, 0.2) is 21.9 Å². The van der Waals surface area contributed by atoms with E-state index in [0.717, 1.165) is 17.2 Å². The fourth-order valence-corrected chi connectivity index (χ4v) is 3.91. The third kappa shape index (κ3) is 3.36. The third-order valence-electron chi connectivity index (χ3n) is 4.46. The molecule has 24 heavy (non-hydrogen) atoms. The average Bonchev–Trinajstić information content (AvgIpc) is 3.16. The van der Waals surface area contributed by atoms with Crippen molar-refractivity contribution in [3.05, 3.63) is 29.0 Å². The summed E-state index contributed by atoms with van der Waals surface area (Å²) in [6, 6.07) is 3.46. The number of carboxylic acid groups (broad SMARTS) is 1. The van der Waals surface area contributed by atoms with Crippen LogP contribution in [0.3, 0.4) is 0 Å². The van der Waals surface area contributed by atoms with Crippen LogP contribution in [-0.2, 0) is 16.0 Å². The number of hydrogen-bond donors (Lipinski definition) is 1. The molecule has 0 saturated carbocycles. The first-order valence-corrected chi connectivity index (χ1v) is 8.87. The van der Waals surface area contributed by atoms with Crippen molar-refractivity contribution in [2.45, 2.75) is 39.2 Å². The van der Waals surface area contributed by atoms with Crippen molar-refractivity contribution in [2.75, 3.05) is 6.54 Å². The Morgan fingerprint density at radius 2 is 2.25 bits per heavy atom. The highest BCUT2D eigenvalue weighted by Crippen LogP contribution is 2.27. The molecule has 1 fully saturated rings. The molecule has 0 aromatic carbocycles. The zero-order chi connectivity index (χ0) is 17.3. The van der Waals surface area contributed by atoms with Gasteiger partial charge in [-0.2, -0.15) is 0 Å². The molecule has 2 aromatic rings. The highest BCUT2D eigenvalue weighted by molar-refractivity contribution is 7.13. The molecule has 3 heterocycles. The lowest BCUT2D eigenvalue weighted by atomic mass is 9.90. The number of aliphatic carboxylic acids is 1. The largest absolute Gasteiger partial charge is 0.481 e. The SMILES string of the molecule is Cc1ccc(-c2nc(CC(=O)N3CCC[C@@H](C(=O)O)[C@H]3C)cs2)o1. The molecule has 7 heteroatoms. The molecule has 1 amide bonds. The van der Waals surface area contributed by atoms with Gasteiger partial charge in [-0.25, -0.2) is 4.98 Å². The number of likely N-dealkylation sites (tertiary alicyclic amines) is 1. The summed E-state index contributed by atoms with van der Waals surface area (Å²) < 4.78 is 5.55. The van der Waals surface area contributed by atoms with Crippen LogP contribution in [0.2, 0.25) is 0 Å². The maximum atomic E-state index is 12.6. The smallest absolute Gasteiger partial charge is 0.308 e. The number of amides is 1. The van der Waals surface area contributed by atoms with Gasteiger partial charge < -0.3 is 14.4 Å². The third-order valence-corrected chi connectivity index (χ3v) is 5.37. The molecule has 0 aliphatic carbocycles. The van der Waals surface area contributed by atoms with E-state index in [1.54, 1.807) is 4.90 Å². The Balaban J connectivity index is 1.68. The number of furan rings is 1. The molecule has 3 rings (SSSR count). The zero-order valence-electron chi connectivity index (χ0n) is 13.7. The fraction of sp³-hybridized carbons (Fsp3) is 0.471. The van der Waals surface area contributed by atoms with Crippen molar-refractivity contribution < 1.29 is 19.1 Å². The van der Waals surface area contributed by atoms with Gasteiger partial charge >= 0.3 is 5.97 Å². The van der Waals surface area contributed by atoms with E-state index in [9.17, 15) is 14.7 Å². The lowest BCUT2D eigenvalue weighted by Gasteiger charge is -2.37. The van der Waals surface area contributed by atoms with Gasteiger partial charge in [-0.05, 0) is 38.8 Å². The Bertz CT molecular complexity index is 751. The number of aromatic nitrogens is 1. The topological polar surface area (TPSA) is 83.6 Å². The summed E-state index contributed by atoms with van der Waals surface area (Å²) in [4.78, 5) is 30.0. The van der Waals surface area contributed by atoms with E-state index in [-0.39, 0.29) is 18.4 Å². The molecule has 2 atom stereocenters. The van der Waals surface area contributed by atoms with Crippen LogP contribution in [0, 0.1) is 12.8 Å². The van der Waals surface area contributed by atoms with E-state index in [4.69, 9.17) is 4.42 Å². The molecule has 1 aliphatic heterocycles. The predicted octanol–water partition coefficient (Wildman–Crippen LogP) is 2.97. The Morgan fingerprint density at radius 3 is 2.92 bits per heavy atom. The highest BCUT2D eigenvalue weighted by atomic mass is 32.1. The second-order valence-electron chi connectivity index (χ2n) is 6.15. The molecule has 1 N–H and O–H groups in total. The van der Waals surface area contributed by atoms with Crippen molar-refractivity contribution >= 4 is 23.2 Å². The zero-order valence-corrected chi connectivity index (χ0v) is 14.5. The summed E-state index contributed by atoms with van der Waals surface area (Å²) in [5.74, 6) is 0.137. The van der Waals surface area contributed by atoms with Crippen LogP contribution >= 0.6 is 11.3 Å². The van der Waals surface area contributed by atoms with E-state index < -0.39 is 11.9 Å². The number of carbonyl (C=O) groups is 2. The molecule has 0 bridgehead atoms. The minimum Gasteiger partial charge on any atom is -0.481 e. The van der Waals surface area contributed by atoms with E-state index in [2.05, 4.69) is 4.98 Å². The average molecular weight is 348 g/mol. The first-order chi connectivity index (χ1) is 11.5. The number of thiazole rings is 1. The van der Waals surface area contributed by atoms with E-state index >= 15 is 0 Å². The Morgan fingerprint density at radius 1 is 1.46 bits per heavy atom. The van der Waals surface area contributed by atoms with Gasteiger partial charge in [-0.3, -0.25) is 9.59 Å². The maximum Gasteiger partial charge on any atom is 0.308 e. The highest BCUT2D eigenvalue weighted by Gasteiger charge is 2.35. The number of rotatable bonds is 4. The summed E-state index contributed by atoms with van der Waals surface area (Å²) in [6.07, 6.45) is 1.53.